The number of hydrogen-bond acceptors (Lipinski definition) is 5. The third-order valence-electron chi connectivity index (χ3n) is 3.81. The van der Waals surface area contributed by atoms with Gasteiger partial charge in [-0.05, 0) is 23.4 Å². The number of amides is 1. The van der Waals surface area contributed by atoms with E-state index in [1.54, 1.807) is 12.1 Å². The van der Waals surface area contributed by atoms with Gasteiger partial charge in [0.2, 0.25) is 11.8 Å². The van der Waals surface area contributed by atoms with Crippen molar-refractivity contribution in [1.29, 1.82) is 0 Å². The molecule has 1 aromatic carbocycles. The molecule has 0 aliphatic carbocycles. The molecule has 3 aromatic rings. The van der Waals surface area contributed by atoms with Crippen LogP contribution in [0.5, 0.6) is 0 Å². The molecule has 0 aliphatic rings. The van der Waals surface area contributed by atoms with E-state index in [2.05, 4.69) is 17.4 Å². The zero-order chi connectivity index (χ0) is 17.6. The minimum absolute atomic E-state index is 0.0283. The minimum atomic E-state index is -0.270. The molecule has 1 N–H and O–H groups in total. The monoisotopic (exact) mass is 354 g/mol. The van der Waals surface area contributed by atoms with E-state index in [0.717, 1.165) is 12.0 Å². The van der Waals surface area contributed by atoms with E-state index in [1.807, 2.05) is 35.7 Å². The van der Waals surface area contributed by atoms with Gasteiger partial charge < -0.3 is 4.52 Å². The normalized spacial score (nSPS) is 10.6. The number of aromatic nitrogens is 1. The Morgan fingerprint density at radius 1 is 1.16 bits per heavy atom. The van der Waals surface area contributed by atoms with Crippen molar-refractivity contribution in [2.75, 3.05) is 5.32 Å². The van der Waals surface area contributed by atoms with Crippen molar-refractivity contribution in [3.05, 3.63) is 58.3 Å². The van der Waals surface area contributed by atoms with E-state index in [4.69, 9.17) is 4.52 Å². The number of nitrogens with zero attached hydrogens (tertiary/aromatic N) is 1. The van der Waals surface area contributed by atoms with Gasteiger partial charge >= 0.3 is 0 Å². The van der Waals surface area contributed by atoms with Crippen LogP contribution in [0.2, 0.25) is 0 Å². The first-order valence-corrected chi connectivity index (χ1v) is 8.96. The average molecular weight is 354 g/mol. The first-order valence-electron chi connectivity index (χ1n) is 8.08. The second kappa shape index (κ2) is 7.90. The molecule has 0 radical (unpaired) electrons. The van der Waals surface area contributed by atoms with Gasteiger partial charge in [0.1, 0.15) is 5.69 Å². The number of nitrogens with one attached hydrogen (secondary N) is 1. The number of hydrogen-bond donors (Lipinski definition) is 1. The van der Waals surface area contributed by atoms with Gasteiger partial charge in [-0.15, -0.1) is 11.3 Å². The van der Waals surface area contributed by atoms with Crippen molar-refractivity contribution in [2.24, 2.45) is 0 Å². The molecule has 128 valence electrons. The topological polar surface area (TPSA) is 72.2 Å². The van der Waals surface area contributed by atoms with Gasteiger partial charge in [0.25, 0.3) is 0 Å². The highest BCUT2D eigenvalue weighted by molar-refractivity contribution is 7.12. The number of aryl methyl sites for hydroxylation is 1. The van der Waals surface area contributed by atoms with Gasteiger partial charge in [0.05, 0.1) is 4.88 Å². The van der Waals surface area contributed by atoms with Crippen molar-refractivity contribution >= 4 is 28.9 Å². The molecular weight excluding hydrogens is 336 g/mol. The summed E-state index contributed by atoms with van der Waals surface area (Å²) >= 11 is 1.38. The van der Waals surface area contributed by atoms with Gasteiger partial charge in [-0.1, -0.05) is 42.4 Å². The van der Waals surface area contributed by atoms with E-state index in [1.165, 1.54) is 16.9 Å². The van der Waals surface area contributed by atoms with Crippen molar-refractivity contribution < 1.29 is 14.1 Å². The van der Waals surface area contributed by atoms with Crippen LogP contribution in [0, 0.1) is 0 Å². The number of carbonyl (C=O) groups excluding carboxylic acids is 2. The third kappa shape index (κ3) is 4.42. The Morgan fingerprint density at radius 3 is 2.64 bits per heavy atom. The van der Waals surface area contributed by atoms with Crippen molar-refractivity contribution in [3.8, 4) is 11.3 Å². The van der Waals surface area contributed by atoms with Crippen LogP contribution in [0.4, 0.5) is 5.88 Å². The maximum Gasteiger partial charge on any atom is 0.231 e. The van der Waals surface area contributed by atoms with E-state index in [0.29, 0.717) is 10.6 Å². The number of rotatable bonds is 7. The minimum Gasteiger partial charge on any atom is -0.338 e. The van der Waals surface area contributed by atoms with E-state index >= 15 is 0 Å². The summed E-state index contributed by atoms with van der Waals surface area (Å²) in [6.07, 6.45) is 1.26. The molecule has 0 spiro atoms. The highest BCUT2D eigenvalue weighted by Gasteiger charge is 2.13. The Balaban J connectivity index is 1.55. The summed E-state index contributed by atoms with van der Waals surface area (Å²) in [5.74, 6) is -0.0171. The van der Waals surface area contributed by atoms with Crippen LogP contribution in [-0.4, -0.2) is 16.8 Å². The van der Waals surface area contributed by atoms with Crippen LogP contribution in [0.3, 0.4) is 0 Å². The Hall–Kier alpha value is -2.73. The van der Waals surface area contributed by atoms with Gasteiger partial charge in [-0.25, -0.2) is 0 Å². The summed E-state index contributed by atoms with van der Waals surface area (Å²) in [5, 5.41) is 8.46. The molecule has 6 heteroatoms. The molecule has 1 amide bonds. The van der Waals surface area contributed by atoms with Crippen LogP contribution in [0.15, 0.2) is 52.4 Å². The largest absolute Gasteiger partial charge is 0.338 e. The van der Waals surface area contributed by atoms with E-state index in [9.17, 15) is 9.59 Å². The van der Waals surface area contributed by atoms with Gasteiger partial charge in [0.15, 0.2) is 5.78 Å². The molecule has 0 aliphatic heterocycles. The lowest BCUT2D eigenvalue weighted by Crippen LogP contribution is -2.12. The van der Waals surface area contributed by atoms with Crippen molar-refractivity contribution in [1.82, 2.24) is 5.16 Å². The lowest BCUT2D eigenvalue weighted by atomic mass is 10.1. The molecular formula is C19H18N2O3S. The Labute approximate surface area is 149 Å². The molecule has 3 rings (SSSR count). The van der Waals surface area contributed by atoms with Crippen LogP contribution in [0.1, 0.15) is 35.0 Å². The Bertz CT molecular complexity index is 851. The standard InChI is InChI=1S/C19H18N2O3S/c1-2-13-5-7-14(8-6-13)15-12-19(24-21-15)20-18(23)10-9-16(22)17-4-3-11-25-17/h3-8,11-12H,2,9-10H2,1H3,(H,20,23). The second-order valence-electron chi connectivity index (χ2n) is 5.58. The van der Waals surface area contributed by atoms with E-state index < -0.39 is 0 Å². The summed E-state index contributed by atoms with van der Waals surface area (Å²) in [4.78, 5) is 24.5. The summed E-state index contributed by atoms with van der Waals surface area (Å²) in [6, 6.07) is 13.3. The molecule has 0 fully saturated rings. The predicted octanol–water partition coefficient (Wildman–Crippen LogP) is 4.57. The summed E-state index contributed by atoms with van der Waals surface area (Å²) in [6.45, 7) is 2.10. The summed E-state index contributed by atoms with van der Waals surface area (Å²) in [5.41, 5.74) is 2.83. The van der Waals surface area contributed by atoms with Gasteiger partial charge in [-0.2, -0.15) is 0 Å². The van der Waals surface area contributed by atoms with Crippen molar-refractivity contribution in [2.45, 2.75) is 26.2 Å². The van der Waals surface area contributed by atoms with Crippen LogP contribution in [-0.2, 0) is 11.2 Å². The van der Waals surface area contributed by atoms with Crippen LogP contribution in [0.25, 0.3) is 11.3 Å². The predicted molar refractivity (Wildman–Crippen MR) is 97.8 cm³/mol. The van der Waals surface area contributed by atoms with Crippen molar-refractivity contribution in [3.63, 3.8) is 0 Å². The highest BCUT2D eigenvalue weighted by atomic mass is 32.1. The molecule has 25 heavy (non-hydrogen) atoms. The summed E-state index contributed by atoms with van der Waals surface area (Å²) in [7, 11) is 0. The van der Waals surface area contributed by atoms with Gasteiger partial charge in [0, 0.05) is 24.5 Å². The average Bonchev–Trinajstić information content (AvgIpc) is 3.32. The number of thiophene rings is 1. The van der Waals surface area contributed by atoms with E-state index in [-0.39, 0.29) is 30.4 Å². The highest BCUT2D eigenvalue weighted by Crippen LogP contribution is 2.22. The van der Waals surface area contributed by atoms with Crippen LogP contribution < -0.4 is 5.32 Å². The first-order chi connectivity index (χ1) is 12.2. The number of anilines is 1. The smallest absolute Gasteiger partial charge is 0.231 e. The maximum absolute atomic E-state index is 12.0. The summed E-state index contributed by atoms with van der Waals surface area (Å²) < 4.78 is 5.16. The quantitative estimate of drug-likeness (QED) is 0.631. The Kier molecular flexibility index (Phi) is 5.40. The maximum atomic E-state index is 12.0. The third-order valence-corrected chi connectivity index (χ3v) is 4.72. The molecule has 2 aromatic heterocycles. The fourth-order valence-corrected chi connectivity index (χ4v) is 3.06. The fraction of sp³-hybridized carbons (Fsp3) is 0.211. The molecule has 0 saturated heterocycles. The molecule has 0 atom stereocenters. The number of carbonyl (C=O) groups is 2. The SMILES string of the molecule is CCc1ccc(-c2cc(NC(=O)CCC(=O)c3cccs3)on2)cc1. The molecule has 0 unspecified atom stereocenters. The number of benzene rings is 1. The molecule has 5 nitrogen and oxygen atoms in total. The zero-order valence-electron chi connectivity index (χ0n) is 13.8. The molecule has 2 heterocycles. The molecule has 0 bridgehead atoms. The van der Waals surface area contributed by atoms with Crippen LogP contribution >= 0.6 is 11.3 Å². The second-order valence-corrected chi connectivity index (χ2v) is 6.52. The molecule has 0 saturated carbocycles. The number of Topliss-reactive ketones (excluding diaryl/α,β-unsaturated/α-hetero) is 1. The zero-order valence-corrected chi connectivity index (χ0v) is 14.6. The number of ketones is 1. The lowest BCUT2D eigenvalue weighted by Gasteiger charge is -2.00. The Morgan fingerprint density at radius 2 is 1.96 bits per heavy atom. The van der Waals surface area contributed by atoms with Gasteiger partial charge in [-0.3, -0.25) is 14.9 Å². The fourth-order valence-electron chi connectivity index (χ4n) is 2.37. The first kappa shape index (κ1) is 17.1. The lowest BCUT2D eigenvalue weighted by molar-refractivity contribution is -0.116.